The van der Waals surface area contributed by atoms with Gasteiger partial charge in [-0.15, -0.1) is 0 Å². The van der Waals surface area contributed by atoms with Gasteiger partial charge in [0.25, 0.3) is 0 Å². The summed E-state index contributed by atoms with van der Waals surface area (Å²) in [7, 11) is 0. The van der Waals surface area contributed by atoms with Gasteiger partial charge < -0.3 is 15.2 Å². The van der Waals surface area contributed by atoms with Crippen molar-refractivity contribution in [3.8, 4) is 17.0 Å². The third-order valence-corrected chi connectivity index (χ3v) is 3.91. The Hall–Kier alpha value is -3.48. The molecule has 7 nitrogen and oxygen atoms in total. The van der Waals surface area contributed by atoms with E-state index < -0.39 is 5.97 Å². The summed E-state index contributed by atoms with van der Waals surface area (Å²) in [4.78, 5) is 24.2. The molecule has 3 rings (SSSR count). The van der Waals surface area contributed by atoms with E-state index in [1.54, 1.807) is 42.9 Å². The molecule has 27 heavy (non-hydrogen) atoms. The van der Waals surface area contributed by atoms with Crippen molar-refractivity contribution in [2.24, 2.45) is 0 Å². The summed E-state index contributed by atoms with van der Waals surface area (Å²) in [5.74, 6) is -0.198. The molecule has 0 atom stereocenters. The standard InChI is InChI=1S/C20H20N4O3/c1-2-27-18-4-3-15(13-16(18)19(25)26)17-8-12-23-20(24-17)22-11-7-14-5-9-21-10-6-14/h3-6,8-10,12-13H,2,7,11H2,1H3,(H,25,26)(H,22,23,24). The number of carbonyl (C=O) groups is 1. The Balaban J connectivity index is 1.75. The molecule has 0 saturated heterocycles. The Bertz CT molecular complexity index is 916. The van der Waals surface area contributed by atoms with Gasteiger partial charge in [-0.25, -0.2) is 14.8 Å². The third kappa shape index (κ3) is 4.78. The van der Waals surface area contributed by atoms with Gasteiger partial charge in [-0.3, -0.25) is 4.98 Å². The number of benzene rings is 1. The number of hydrogen-bond donors (Lipinski definition) is 2. The second kappa shape index (κ2) is 8.75. The van der Waals surface area contributed by atoms with E-state index in [4.69, 9.17) is 4.74 Å². The van der Waals surface area contributed by atoms with E-state index >= 15 is 0 Å². The maximum atomic E-state index is 11.5. The number of carboxylic acid groups (broad SMARTS) is 1. The van der Waals surface area contributed by atoms with Crippen LogP contribution in [-0.4, -0.2) is 39.2 Å². The van der Waals surface area contributed by atoms with Gasteiger partial charge in [0.15, 0.2) is 0 Å². The van der Waals surface area contributed by atoms with E-state index in [0.29, 0.717) is 36.1 Å². The molecule has 0 radical (unpaired) electrons. The van der Waals surface area contributed by atoms with Gasteiger partial charge in [-0.05, 0) is 55.3 Å². The highest BCUT2D eigenvalue weighted by Crippen LogP contribution is 2.26. The average Bonchev–Trinajstić information content (AvgIpc) is 2.69. The largest absolute Gasteiger partial charge is 0.493 e. The van der Waals surface area contributed by atoms with Gasteiger partial charge in [0.1, 0.15) is 11.3 Å². The molecule has 138 valence electrons. The fraction of sp³-hybridized carbons (Fsp3) is 0.200. The van der Waals surface area contributed by atoms with Gasteiger partial charge in [0, 0.05) is 30.7 Å². The Kier molecular flexibility index (Phi) is 5.94. The fourth-order valence-corrected chi connectivity index (χ4v) is 2.61. The lowest BCUT2D eigenvalue weighted by molar-refractivity contribution is 0.0692. The molecule has 0 aliphatic carbocycles. The minimum absolute atomic E-state index is 0.111. The first kappa shape index (κ1) is 18.3. The monoisotopic (exact) mass is 364 g/mol. The highest BCUT2D eigenvalue weighted by molar-refractivity contribution is 5.92. The number of aromatic nitrogens is 3. The summed E-state index contributed by atoms with van der Waals surface area (Å²) in [5, 5.41) is 12.6. The summed E-state index contributed by atoms with van der Waals surface area (Å²) in [5.41, 5.74) is 2.61. The van der Waals surface area contributed by atoms with Crippen LogP contribution in [0.5, 0.6) is 5.75 Å². The van der Waals surface area contributed by atoms with Crippen LogP contribution in [-0.2, 0) is 6.42 Å². The molecule has 0 bridgehead atoms. The van der Waals surface area contributed by atoms with Crippen LogP contribution < -0.4 is 10.1 Å². The lowest BCUT2D eigenvalue weighted by Gasteiger charge is -2.10. The van der Waals surface area contributed by atoms with Gasteiger partial charge in [-0.2, -0.15) is 0 Å². The van der Waals surface area contributed by atoms with E-state index in [-0.39, 0.29) is 5.56 Å². The Morgan fingerprint density at radius 1 is 1.15 bits per heavy atom. The summed E-state index contributed by atoms with van der Waals surface area (Å²) in [6, 6.07) is 10.7. The second-order valence-electron chi connectivity index (χ2n) is 5.75. The van der Waals surface area contributed by atoms with Gasteiger partial charge >= 0.3 is 5.97 Å². The lowest BCUT2D eigenvalue weighted by Crippen LogP contribution is -2.08. The molecule has 0 amide bonds. The summed E-state index contributed by atoms with van der Waals surface area (Å²) < 4.78 is 5.38. The fourth-order valence-electron chi connectivity index (χ4n) is 2.61. The molecule has 0 unspecified atom stereocenters. The van der Waals surface area contributed by atoms with Crippen LogP contribution in [0.3, 0.4) is 0 Å². The molecule has 0 spiro atoms. The molecule has 2 heterocycles. The molecule has 0 aliphatic rings. The number of pyridine rings is 1. The first-order valence-corrected chi connectivity index (χ1v) is 8.63. The molecule has 2 aromatic heterocycles. The number of hydrogen-bond acceptors (Lipinski definition) is 6. The first-order chi connectivity index (χ1) is 13.2. The van der Waals surface area contributed by atoms with Crippen molar-refractivity contribution in [1.29, 1.82) is 0 Å². The maximum Gasteiger partial charge on any atom is 0.339 e. The zero-order valence-corrected chi connectivity index (χ0v) is 14.9. The van der Waals surface area contributed by atoms with Crippen molar-refractivity contribution in [3.63, 3.8) is 0 Å². The number of rotatable bonds is 8. The minimum atomic E-state index is -1.04. The molecule has 0 aliphatic heterocycles. The van der Waals surface area contributed by atoms with E-state index in [1.165, 1.54) is 5.56 Å². The molecule has 1 aromatic carbocycles. The number of nitrogens with one attached hydrogen (secondary N) is 1. The van der Waals surface area contributed by atoms with E-state index in [0.717, 1.165) is 6.42 Å². The zero-order valence-electron chi connectivity index (χ0n) is 14.9. The normalized spacial score (nSPS) is 10.4. The third-order valence-electron chi connectivity index (χ3n) is 3.91. The average molecular weight is 364 g/mol. The van der Waals surface area contributed by atoms with Crippen molar-refractivity contribution in [1.82, 2.24) is 15.0 Å². The molecule has 7 heteroatoms. The van der Waals surface area contributed by atoms with Crippen LogP contribution in [0.2, 0.25) is 0 Å². The van der Waals surface area contributed by atoms with Crippen molar-refractivity contribution < 1.29 is 14.6 Å². The van der Waals surface area contributed by atoms with Crippen molar-refractivity contribution in [2.75, 3.05) is 18.5 Å². The van der Waals surface area contributed by atoms with Gasteiger partial charge in [-0.1, -0.05) is 0 Å². The van der Waals surface area contributed by atoms with Crippen LogP contribution in [0.25, 0.3) is 11.3 Å². The highest BCUT2D eigenvalue weighted by Gasteiger charge is 2.13. The highest BCUT2D eigenvalue weighted by atomic mass is 16.5. The predicted molar refractivity (Wildman–Crippen MR) is 102 cm³/mol. The van der Waals surface area contributed by atoms with Crippen molar-refractivity contribution >= 4 is 11.9 Å². The molecule has 3 aromatic rings. The van der Waals surface area contributed by atoms with Crippen LogP contribution in [0.1, 0.15) is 22.8 Å². The van der Waals surface area contributed by atoms with Crippen LogP contribution >= 0.6 is 0 Å². The topological polar surface area (TPSA) is 97.2 Å². The zero-order chi connectivity index (χ0) is 19.1. The minimum Gasteiger partial charge on any atom is -0.493 e. The SMILES string of the molecule is CCOc1ccc(-c2ccnc(NCCc3ccncc3)n2)cc1C(=O)O. The molecule has 2 N–H and O–H groups in total. The van der Waals surface area contributed by atoms with E-state index in [2.05, 4.69) is 20.3 Å². The quantitative estimate of drug-likeness (QED) is 0.633. The van der Waals surface area contributed by atoms with Crippen LogP contribution in [0.4, 0.5) is 5.95 Å². The van der Waals surface area contributed by atoms with E-state index in [1.807, 2.05) is 19.1 Å². The molecule has 0 saturated carbocycles. The Labute approximate surface area is 157 Å². The maximum absolute atomic E-state index is 11.5. The molecular weight excluding hydrogens is 344 g/mol. The number of aromatic carboxylic acids is 1. The van der Waals surface area contributed by atoms with Crippen molar-refractivity contribution in [3.05, 3.63) is 66.1 Å². The predicted octanol–water partition coefficient (Wildman–Crippen LogP) is 3.29. The van der Waals surface area contributed by atoms with Crippen LogP contribution in [0.15, 0.2) is 55.0 Å². The summed E-state index contributed by atoms with van der Waals surface area (Å²) in [6.07, 6.45) is 5.99. The number of nitrogens with zero attached hydrogens (tertiary/aromatic N) is 3. The summed E-state index contributed by atoms with van der Waals surface area (Å²) in [6.45, 7) is 2.89. The number of anilines is 1. The van der Waals surface area contributed by atoms with Gasteiger partial charge in [0.2, 0.25) is 5.95 Å². The molecule has 0 fully saturated rings. The Morgan fingerprint density at radius 3 is 2.70 bits per heavy atom. The number of ether oxygens (including phenoxy) is 1. The first-order valence-electron chi connectivity index (χ1n) is 8.63. The smallest absolute Gasteiger partial charge is 0.339 e. The second-order valence-corrected chi connectivity index (χ2v) is 5.75. The van der Waals surface area contributed by atoms with E-state index in [9.17, 15) is 9.90 Å². The summed E-state index contributed by atoms with van der Waals surface area (Å²) >= 11 is 0. The molecular formula is C20H20N4O3. The van der Waals surface area contributed by atoms with Crippen LogP contribution in [0, 0.1) is 0 Å². The van der Waals surface area contributed by atoms with Gasteiger partial charge in [0.05, 0.1) is 12.3 Å². The lowest BCUT2D eigenvalue weighted by atomic mass is 10.1. The Morgan fingerprint density at radius 2 is 1.96 bits per heavy atom. The van der Waals surface area contributed by atoms with Crippen molar-refractivity contribution in [2.45, 2.75) is 13.3 Å². The number of carboxylic acids is 1.